The molecule has 0 saturated heterocycles. The molecule has 0 fully saturated rings. The second-order valence-corrected chi connectivity index (χ2v) is 7.50. The number of benzene rings is 1. The molecule has 0 bridgehead atoms. The lowest BCUT2D eigenvalue weighted by Crippen LogP contribution is -2.48. The Labute approximate surface area is 174 Å². The Morgan fingerprint density at radius 2 is 1.93 bits per heavy atom. The number of nitrogens with one attached hydrogen (secondary N) is 2. The third kappa shape index (κ3) is 8.22. The first-order valence-electron chi connectivity index (χ1n) is 9.28. The molecular weight excluding hydrogens is 391 g/mol. The van der Waals surface area contributed by atoms with Crippen LogP contribution in [0.25, 0.3) is 0 Å². The van der Waals surface area contributed by atoms with Crippen LogP contribution in [-0.4, -0.2) is 56.5 Å². The highest BCUT2D eigenvalue weighted by Crippen LogP contribution is 2.11. The number of hydrogen-bond acceptors (Lipinski definition) is 7. The molecule has 0 aliphatic heterocycles. The Bertz CT molecular complexity index is 767. The Morgan fingerprint density at radius 1 is 1.17 bits per heavy atom. The van der Waals surface area contributed by atoms with Crippen LogP contribution in [0.1, 0.15) is 35.3 Å². The molecule has 4 N–H and O–H groups in total. The predicted octanol–water partition coefficient (Wildman–Crippen LogP) is 0.805. The van der Waals surface area contributed by atoms with E-state index in [9.17, 15) is 19.6 Å². The van der Waals surface area contributed by atoms with Crippen LogP contribution in [0.3, 0.4) is 0 Å². The average Bonchev–Trinajstić information content (AvgIpc) is 2.73. The summed E-state index contributed by atoms with van der Waals surface area (Å²) < 4.78 is 0. The lowest BCUT2D eigenvalue weighted by Gasteiger charge is -2.20. The first-order chi connectivity index (χ1) is 14.0. The molecule has 1 aromatic carbocycles. The van der Waals surface area contributed by atoms with Crippen molar-refractivity contribution in [3.05, 3.63) is 60.2 Å². The number of amides is 2. The smallest absolute Gasteiger partial charge is 0.426 e. The van der Waals surface area contributed by atoms with Gasteiger partial charge in [0.1, 0.15) is 5.69 Å². The molecule has 2 atom stereocenters. The monoisotopic (exact) mass is 416 g/mol. The molecule has 0 spiro atoms. The van der Waals surface area contributed by atoms with Crippen LogP contribution in [0.15, 0.2) is 48.9 Å². The van der Waals surface area contributed by atoms with Crippen LogP contribution in [0.4, 0.5) is 0 Å². The molecule has 10 heteroatoms. The van der Waals surface area contributed by atoms with Crippen molar-refractivity contribution in [3.63, 3.8) is 0 Å². The molecule has 0 aliphatic carbocycles. The van der Waals surface area contributed by atoms with Crippen LogP contribution < -0.4 is 10.6 Å². The maximum absolute atomic E-state index is 12.4. The van der Waals surface area contributed by atoms with Crippen molar-refractivity contribution in [1.29, 1.82) is 0 Å². The standard InChI is InChI=1S/C19H25BN4O4S/c1-29-18(24-19(26)15-13-21-10-11-22-15)12-17(25)23-16(20(27)28)9-5-8-14-6-3-2-4-7-14/h2-4,6-7,10-11,13,16,18,27-28H,5,8-9,12H2,1H3,(H,23,25)(H,24,26). The zero-order valence-corrected chi connectivity index (χ0v) is 17.0. The summed E-state index contributed by atoms with van der Waals surface area (Å²) in [5.74, 6) is -1.57. The highest BCUT2D eigenvalue weighted by Gasteiger charge is 2.26. The molecule has 0 aliphatic rings. The maximum atomic E-state index is 12.4. The van der Waals surface area contributed by atoms with Crippen LogP contribution >= 0.6 is 11.8 Å². The van der Waals surface area contributed by atoms with Gasteiger partial charge in [-0.2, -0.15) is 0 Å². The van der Waals surface area contributed by atoms with E-state index in [1.54, 1.807) is 6.26 Å². The Morgan fingerprint density at radius 3 is 2.55 bits per heavy atom. The van der Waals surface area contributed by atoms with Gasteiger partial charge < -0.3 is 20.7 Å². The number of rotatable bonds is 11. The average molecular weight is 416 g/mol. The highest BCUT2D eigenvalue weighted by atomic mass is 32.2. The number of aryl methyl sites for hydroxylation is 1. The van der Waals surface area contributed by atoms with Gasteiger partial charge in [-0.15, -0.1) is 11.8 Å². The predicted molar refractivity (Wildman–Crippen MR) is 113 cm³/mol. The molecular formula is C19H25BN4O4S. The van der Waals surface area contributed by atoms with Crippen LogP contribution in [-0.2, 0) is 11.2 Å². The molecule has 1 heterocycles. The summed E-state index contributed by atoms with van der Waals surface area (Å²) in [5.41, 5.74) is 1.32. The first kappa shape index (κ1) is 22.9. The van der Waals surface area contributed by atoms with Gasteiger partial charge in [0.05, 0.1) is 23.9 Å². The van der Waals surface area contributed by atoms with E-state index in [1.807, 2.05) is 30.3 Å². The Kier molecular flexibility index (Phi) is 9.62. The van der Waals surface area contributed by atoms with Gasteiger partial charge >= 0.3 is 7.12 Å². The summed E-state index contributed by atoms with van der Waals surface area (Å²) in [6.07, 6.45) is 7.89. The van der Waals surface area contributed by atoms with Gasteiger partial charge in [-0.1, -0.05) is 30.3 Å². The lowest BCUT2D eigenvalue weighted by atomic mass is 9.76. The molecule has 2 unspecified atom stereocenters. The highest BCUT2D eigenvalue weighted by molar-refractivity contribution is 7.99. The molecule has 154 valence electrons. The maximum Gasteiger partial charge on any atom is 0.475 e. The van der Waals surface area contributed by atoms with Gasteiger partial charge in [0.15, 0.2) is 0 Å². The van der Waals surface area contributed by atoms with Crippen LogP contribution in [0.5, 0.6) is 0 Å². The zero-order valence-electron chi connectivity index (χ0n) is 16.2. The van der Waals surface area contributed by atoms with Crippen molar-refractivity contribution >= 4 is 30.7 Å². The quantitative estimate of drug-likeness (QED) is 0.316. The van der Waals surface area contributed by atoms with Gasteiger partial charge in [-0.05, 0) is 31.1 Å². The van der Waals surface area contributed by atoms with Gasteiger partial charge in [0, 0.05) is 12.4 Å². The number of carbonyl (C=O) groups excluding carboxylic acids is 2. The summed E-state index contributed by atoms with van der Waals surface area (Å²) in [7, 11) is -1.66. The molecule has 2 rings (SSSR count). The van der Waals surface area contributed by atoms with E-state index in [2.05, 4.69) is 20.6 Å². The topological polar surface area (TPSA) is 124 Å². The van der Waals surface area contributed by atoms with Crippen LogP contribution in [0, 0.1) is 0 Å². The van der Waals surface area contributed by atoms with E-state index in [0.29, 0.717) is 12.8 Å². The van der Waals surface area contributed by atoms with Crippen LogP contribution in [0.2, 0.25) is 0 Å². The summed E-state index contributed by atoms with van der Waals surface area (Å²) in [4.78, 5) is 32.3. The SMILES string of the molecule is CSC(CC(=O)NC(CCCc1ccccc1)B(O)O)NC(=O)c1cnccn1. The van der Waals surface area contributed by atoms with E-state index >= 15 is 0 Å². The summed E-state index contributed by atoms with van der Waals surface area (Å²) >= 11 is 1.31. The number of hydrogen-bond donors (Lipinski definition) is 4. The second kappa shape index (κ2) is 12.2. The normalized spacial score (nSPS) is 12.7. The van der Waals surface area contributed by atoms with E-state index in [-0.39, 0.29) is 18.0 Å². The minimum absolute atomic E-state index is 0.00489. The Balaban J connectivity index is 1.82. The van der Waals surface area contributed by atoms with E-state index < -0.39 is 24.3 Å². The van der Waals surface area contributed by atoms with Crippen molar-refractivity contribution in [3.8, 4) is 0 Å². The summed E-state index contributed by atoms with van der Waals surface area (Å²) in [6, 6.07) is 9.85. The Hall–Kier alpha value is -2.43. The molecule has 29 heavy (non-hydrogen) atoms. The molecule has 2 aromatic rings. The van der Waals surface area contributed by atoms with Crippen molar-refractivity contribution in [2.75, 3.05) is 6.26 Å². The van der Waals surface area contributed by atoms with Gasteiger partial charge in [0.25, 0.3) is 5.91 Å². The molecule has 8 nitrogen and oxygen atoms in total. The number of nitrogens with zero attached hydrogens (tertiary/aromatic N) is 2. The minimum atomic E-state index is -1.66. The van der Waals surface area contributed by atoms with Crippen molar-refractivity contribution in [1.82, 2.24) is 20.6 Å². The van der Waals surface area contributed by atoms with E-state index in [0.717, 1.165) is 12.0 Å². The van der Waals surface area contributed by atoms with E-state index in [4.69, 9.17) is 0 Å². The van der Waals surface area contributed by atoms with Gasteiger partial charge in [-0.25, -0.2) is 4.98 Å². The third-order valence-corrected chi connectivity index (χ3v) is 5.13. The molecule has 1 aromatic heterocycles. The van der Waals surface area contributed by atoms with Crippen molar-refractivity contribution in [2.45, 2.75) is 37.0 Å². The number of aromatic nitrogens is 2. The summed E-state index contributed by atoms with van der Waals surface area (Å²) in [5, 5.41) is 24.1. The largest absolute Gasteiger partial charge is 0.475 e. The lowest BCUT2D eigenvalue weighted by molar-refractivity contribution is -0.121. The second-order valence-electron chi connectivity index (χ2n) is 6.46. The van der Waals surface area contributed by atoms with Gasteiger partial charge in [0.2, 0.25) is 5.91 Å². The first-order valence-corrected chi connectivity index (χ1v) is 10.6. The summed E-state index contributed by atoms with van der Waals surface area (Å²) in [6.45, 7) is 0. The third-order valence-electron chi connectivity index (χ3n) is 4.27. The molecule has 0 saturated carbocycles. The fourth-order valence-electron chi connectivity index (χ4n) is 2.73. The zero-order chi connectivity index (χ0) is 21.1. The fraction of sp³-hybridized carbons (Fsp3) is 0.368. The minimum Gasteiger partial charge on any atom is -0.426 e. The van der Waals surface area contributed by atoms with Gasteiger partial charge in [-0.3, -0.25) is 14.6 Å². The number of carbonyl (C=O) groups is 2. The van der Waals surface area contributed by atoms with E-state index in [1.165, 1.54) is 30.4 Å². The fourth-order valence-corrected chi connectivity index (χ4v) is 3.27. The van der Waals surface area contributed by atoms with Crippen molar-refractivity contribution in [2.24, 2.45) is 0 Å². The number of thioether (sulfide) groups is 1. The van der Waals surface area contributed by atoms with Crippen molar-refractivity contribution < 1.29 is 19.6 Å². The molecule has 2 amide bonds. The molecule has 0 radical (unpaired) electrons.